The first-order valence-corrected chi connectivity index (χ1v) is 9.30. The maximum absolute atomic E-state index is 13.9. The number of rotatable bonds is 4. The number of anilines is 1. The molecule has 0 saturated carbocycles. The minimum absolute atomic E-state index is 0. The Morgan fingerprint density at radius 3 is 2.32 bits per heavy atom. The highest BCUT2D eigenvalue weighted by Gasteiger charge is 2.28. The molecule has 0 bridgehead atoms. The van der Waals surface area contributed by atoms with Crippen LogP contribution >= 0.6 is 15.9 Å². The number of hydrogen-bond donors (Lipinski definition) is 2. The second-order valence-corrected chi connectivity index (χ2v) is 7.27. The summed E-state index contributed by atoms with van der Waals surface area (Å²) in [5.74, 6) is -1.15. The third-order valence-corrected chi connectivity index (χ3v) is 5.08. The molecule has 2 aromatic rings. The lowest BCUT2D eigenvalue weighted by atomic mass is 9.95. The zero-order chi connectivity index (χ0) is 19.4. The first kappa shape index (κ1) is 21.6. The molecule has 1 saturated heterocycles. The van der Waals surface area contributed by atoms with Gasteiger partial charge < -0.3 is 15.7 Å². The summed E-state index contributed by atoms with van der Waals surface area (Å²) in [7, 11) is 0. The van der Waals surface area contributed by atoms with E-state index in [-0.39, 0.29) is 28.9 Å². The van der Waals surface area contributed by atoms with E-state index in [1.165, 1.54) is 12.1 Å². The van der Waals surface area contributed by atoms with Crippen LogP contribution in [0.2, 0.25) is 0 Å². The van der Waals surface area contributed by atoms with Gasteiger partial charge in [-0.25, -0.2) is 4.39 Å². The summed E-state index contributed by atoms with van der Waals surface area (Å²) in [6.45, 7) is 0.891. The smallest absolute Gasteiger partial charge is 0.253 e. The Kier molecular flexibility index (Phi) is 7.36. The summed E-state index contributed by atoms with van der Waals surface area (Å²) in [5, 5.41) is 4.39. The number of carbonyl (C=O) groups excluding carboxylic acids is 2. The van der Waals surface area contributed by atoms with E-state index in [4.69, 9.17) is 0 Å². The zero-order valence-electron chi connectivity index (χ0n) is 14.8. The fourth-order valence-corrected chi connectivity index (χ4v) is 3.37. The molecule has 0 spiro atoms. The third kappa shape index (κ3) is 4.99. The van der Waals surface area contributed by atoms with E-state index < -0.39 is 5.82 Å². The number of nitrogens with zero attached hydrogens (tertiary/aromatic N) is 1. The van der Waals surface area contributed by atoms with Crippen molar-refractivity contribution in [2.45, 2.75) is 12.8 Å². The topological polar surface area (TPSA) is 110 Å². The first-order valence-electron chi connectivity index (χ1n) is 8.51. The summed E-state index contributed by atoms with van der Waals surface area (Å²) < 4.78 is 14.5. The minimum atomic E-state index is -0.499. The van der Waals surface area contributed by atoms with E-state index in [9.17, 15) is 18.9 Å². The molecule has 1 aliphatic rings. The summed E-state index contributed by atoms with van der Waals surface area (Å²) in [5.41, 5.74) is 1.03. The average Bonchev–Trinajstić information content (AvgIpc) is 2.69. The summed E-state index contributed by atoms with van der Waals surface area (Å²) >= 11 is 3.18. The van der Waals surface area contributed by atoms with Crippen molar-refractivity contribution >= 4 is 39.1 Å². The van der Waals surface area contributed by atoms with Crippen molar-refractivity contribution in [3.63, 3.8) is 0 Å². The average molecular weight is 452 g/mol. The van der Waals surface area contributed by atoms with Gasteiger partial charge in [-0.3, -0.25) is 9.59 Å². The Morgan fingerprint density at radius 2 is 1.75 bits per heavy atom. The largest absolute Gasteiger partial charge is 0.870 e. The monoisotopic (exact) mass is 451 g/mol. The number of carbonyl (C=O) groups is 2. The molecule has 1 heterocycles. The van der Waals surface area contributed by atoms with Gasteiger partial charge in [-0.15, -0.1) is 0 Å². The van der Waals surface area contributed by atoms with Crippen molar-refractivity contribution in [1.29, 1.82) is 0 Å². The molecule has 0 atom stereocenters. The number of likely N-dealkylation sites (tertiary alicyclic amines) is 1. The number of amides is 2. The Morgan fingerprint density at radius 1 is 1.11 bits per heavy atom. The van der Waals surface area contributed by atoms with Crippen molar-refractivity contribution in [2.75, 3.05) is 18.4 Å². The fraction of sp³-hybridized carbons (Fsp3) is 0.263. The van der Waals surface area contributed by atoms with Crippen LogP contribution in [-0.4, -0.2) is 35.3 Å². The quantitative estimate of drug-likeness (QED) is 0.742. The van der Waals surface area contributed by atoms with E-state index in [1.807, 2.05) is 0 Å². The number of nitrogens with one attached hydrogen (secondary N) is 2. The van der Waals surface area contributed by atoms with Crippen LogP contribution in [0.5, 0.6) is 0 Å². The Labute approximate surface area is 169 Å². The van der Waals surface area contributed by atoms with Gasteiger partial charge in [0.05, 0.1) is 5.69 Å². The summed E-state index contributed by atoms with van der Waals surface area (Å²) in [6.07, 6.45) is 1.02. The minimum Gasteiger partial charge on any atom is -0.870 e. The Balaban J connectivity index is 0.00000280. The molecule has 148 valence electrons. The predicted octanol–water partition coefficient (Wildman–Crippen LogP) is 2.38. The molecule has 9 heteroatoms. The SMILES string of the molecule is O=[NH+]c1ccc(C(=O)N2CCC(C(=O)Nc3ccc(Br)cc3F)CC2)cc1.[OH-]. The van der Waals surface area contributed by atoms with Crippen molar-refractivity contribution in [3.8, 4) is 0 Å². The van der Waals surface area contributed by atoms with Crippen LogP contribution in [0.25, 0.3) is 0 Å². The van der Waals surface area contributed by atoms with Crippen LogP contribution in [0.1, 0.15) is 23.2 Å². The number of piperidine rings is 1. The van der Waals surface area contributed by atoms with Crippen molar-refractivity contribution in [1.82, 2.24) is 4.90 Å². The van der Waals surface area contributed by atoms with Crippen molar-refractivity contribution in [2.24, 2.45) is 5.92 Å². The maximum atomic E-state index is 13.9. The number of benzene rings is 2. The van der Waals surface area contributed by atoms with Crippen LogP contribution in [-0.2, 0) is 4.79 Å². The fourth-order valence-electron chi connectivity index (χ4n) is 3.03. The van der Waals surface area contributed by atoms with Gasteiger partial charge in [-0.05, 0) is 43.2 Å². The second-order valence-electron chi connectivity index (χ2n) is 6.36. The molecule has 0 radical (unpaired) electrons. The van der Waals surface area contributed by atoms with Gasteiger partial charge >= 0.3 is 0 Å². The number of nitroso groups, excluding NO2 is 1. The second kappa shape index (κ2) is 9.52. The molecule has 1 fully saturated rings. The molecule has 0 aromatic heterocycles. The van der Waals surface area contributed by atoms with E-state index in [1.54, 1.807) is 40.4 Å². The lowest BCUT2D eigenvalue weighted by molar-refractivity contribution is -0.379. The van der Waals surface area contributed by atoms with Crippen LogP contribution in [0.15, 0.2) is 46.9 Å². The van der Waals surface area contributed by atoms with Crippen molar-refractivity contribution in [3.05, 3.63) is 63.2 Å². The van der Waals surface area contributed by atoms with E-state index in [2.05, 4.69) is 21.2 Å². The molecule has 0 unspecified atom stereocenters. The molecule has 1 aliphatic heterocycles. The lowest BCUT2D eigenvalue weighted by Gasteiger charge is -2.31. The molecule has 0 aliphatic carbocycles. The van der Waals surface area contributed by atoms with Crippen LogP contribution in [0.3, 0.4) is 0 Å². The third-order valence-electron chi connectivity index (χ3n) is 4.59. The van der Waals surface area contributed by atoms with Gasteiger partial charge in [0, 0.05) is 51.3 Å². The van der Waals surface area contributed by atoms with Crippen molar-refractivity contribution < 1.29 is 24.6 Å². The molecule has 28 heavy (non-hydrogen) atoms. The molecular formula is C19H19BrFN3O4. The van der Waals surface area contributed by atoms with Crippen LogP contribution in [0, 0.1) is 16.6 Å². The number of hydrogen-bond acceptors (Lipinski definition) is 4. The lowest BCUT2D eigenvalue weighted by Crippen LogP contribution is -2.55. The van der Waals surface area contributed by atoms with Gasteiger partial charge in [-0.2, -0.15) is 0 Å². The summed E-state index contributed by atoms with van der Waals surface area (Å²) in [4.78, 5) is 37.2. The highest BCUT2D eigenvalue weighted by Crippen LogP contribution is 2.24. The van der Waals surface area contributed by atoms with Gasteiger partial charge in [0.25, 0.3) is 11.6 Å². The highest BCUT2D eigenvalue weighted by molar-refractivity contribution is 9.10. The molecule has 3 rings (SSSR count). The molecule has 7 nitrogen and oxygen atoms in total. The van der Waals surface area contributed by atoms with Gasteiger partial charge in [0.1, 0.15) is 5.82 Å². The van der Waals surface area contributed by atoms with Crippen LogP contribution < -0.4 is 10.5 Å². The van der Waals surface area contributed by atoms with Gasteiger partial charge in [-0.1, -0.05) is 15.9 Å². The van der Waals surface area contributed by atoms with E-state index in [0.29, 0.717) is 41.7 Å². The van der Waals surface area contributed by atoms with Gasteiger partial charge in [0.15, 0.2) is 0 Å². The zero-order valence-corrected chi connectivity index (χ0v) is 16.4. The van der Waals surface area contributed by atoms with E-state index >= 15 is 0 Å². The Hall–Kier alpha value is -2.65. The molecule has 2 aromatic carbocycles. The highest BCUT2D eigenvalue weighted by atomic mass is 79.9. The van der Waals surface area contributed by atoms with Crippen LogP contribution in [0.4, 0.5) is 15.8 Å². The first-order chi connectivity index (χ1) is 13.0. The molecule has 3 N–H and O–H groups in total. The maximum Gasteiger partial charge on any atom is 0.253 e. The summed E-state index contributed by atoms with van der Waals surface area (Å²) in [6, 6.07) is 10.8. The number of halogens is 2. The Bertz CT molecular complexity index is 868. The standard InChI is InChI=1S/C19H17BrFN3O3.H2O/c20-14-3-6-17(16(21)11-14)22-18(25)12-7-9-24(10-8-12)19(26)13-1-4-15(23-27)5-2-13;/h1-6,11-12H,7-10H2,(H,22,25);1H2. The van der Waals surface area contributed by atoms with E-state index in [0.717, 1.165) is 0 Å². The normalized spacial score (nSPS) is 14.1. The van der Waals surface area contributed by atoms with Gasteiger partial charge in [0.2, 0.25) is 5.91 Å². The predicted molar refractivity (Wildman–Crippen MR) is 104 cm³/mol. The molecule has 2 amide bonds. The molecular weight excluding hydrogens is 433 g/mol.